The first-order chi connectivity index (χ1) is 28.0. The third-order valence-corrected chi connectivity index (χ3v) is 12.2. The van der Waals surface area contributed by atoms with E-state index in [9.17, 15) is 0 Å². The largest absolute Gasteiger partial charge is 0.310 e. The van der Waals surface area contributed by atoms with Crippen molar-refractivity contribution in [1.29, 1.82) is 0 Å². The van der Waals surface area contributed by atoms with Crippen LogP contribution >= 0.6 is 0 Å². The first kappa shape index (κ1) is 33.2. The number of nitrogens with zero attached hydrogens (tertiary/aromatic N) is 2. The summed E-state index contributed by atoms with van der Waals surface area (Å²) in [7, 11) is 0. The number of hydrogen-bond acceptors (Lipinski definition) is 1. The Hall–Kier alpha value is -7.16. The van der Waals surface area contributed by atoms with Gasteiger partial charge in [0.25, 0.3) is 0 Å². The number of benzene rings is 9. The van der Waals surface area contributed by atoms with Crippen LogP contribution in [0.1, 0.15) is 25.0 Å². The Bertz CT molecular complexity index is 3080. The van der Waals surface area contributed by atoms with Gasteiger partial charge >= 0.3 is 0 Å². The van der Waals surface area contributed by atoms with E-state index in [2.05, 4.69) is 230 Å². The molecular formula is C55H40N2. The molecule has 0 saturated heterocycles. The second-order valence-corrected chi connectivity index (χ2v) is 15.8. The van der Waals surface area contributed by atoms with Crippen LogP contribution in [-0.4, -0.2) is 4.57 Å². The fourth-order valence-electron chi connectivity index (χ4n) is 9.24. The van der Waals surface area contributed by atoms with E-state index >= 15 is 0 Å². The van der Waals surface area contributed by atoms with Gasteiger partial charge in [0.1, 0.15) is 0 Å². The van der Waals surface area contributed by atoms with Crippen molar-refractivity contribution >= 4 is 49.6 Å². The van der Waals surface area contributed by atoms with Crippen molar-refractivity contribution in [3.63, 3.8) is 0 Å². The normalized spacial score (nSPS) is 12.9. The number of fused-ring (bicyclic) bond motifs is 7. The molecule has 1 aliphatic carbocycles. The fraction of sp³-hybridized carbons (Fsp3) is 0.0545. The molecule has 0 aliphatic heterocycles. The third kappa shape index (κ3) is 5.40. The number of anilines is 3. The summed E-state index contributed by atoms with van der Waals surface area (Å²) in [5.41, 5.74) is 17.1. The zero-order valence-electron chi connectivity index (χ0n) is 32.0. The summed E-state index contributed by atoms with van der Waals surface area (Å²) in [4.78, 5) is 2.38. The number of hydrogen-bond donors (Lipinski definition) is 0. The average molecular weight is 729 g/mol. The van der Waals surface area contributed by atoms with E-state index in [1.54, 1.807) is 0 Å². The van der Waals surface area contributed by atoms with Gasteiger partial charge in [-0.1, -0.05) is 153 Å². The maximum absolute atomic E-state index is 2.43. The fourth-order valence-corrected chi connectivity index (χ4v) is 9.24. The van der Waals surface area contributed by atoms with Crippen LogP contribution in [0.2, 0.25) is 0 Å². The van der Waals surface area contributed by atoms with E-state index in [1.807, 2.05) is 0 Å². The zero-order chi connectivity index (χ0) is 38.1. The molecule has 0 saturated carbocycles. The smallest absolute Gasteiger partial charge is 0.0541 e. The molecule has 1 heterocycles. The lowest BCUT2D eigenvalue weighted by atomic mass is 9.82. The molecule has 11 rings (SSSR count). The molecule has 0 amide bonds. The van der Waals surface area contributed by atoms with Gasteiger partial charge in [-0.3, -0.25) is 0 Å². The maximum Gasteiger partial charge on any atom is 0.0541 e. The minimum absolute atomic E-state index is 0.194. The summed E-state index contributed by atoms with van der Waals surface area (Å²) in [6.07, 6.45) is 0. The highest BCUT2D eigenvalue weighted by atomic mass is 15.1. The highest BCUT2D eigenvalue weighted by Crippen LogP contribution is 2.51. The van der Waals surface area contributed by atoms with Crippen molar-refractivity contribution in [3.05, 3.63) is 217 Å². The van der Waals surface area contributed by atoms with Gasteiger partial charge < -0.3 is 9.47 Å². The number of para-hydroxylation sites is 3. The van der Waals surface area contributed by atoms with Crippen LogP contribution in [-0.2, 0) is 5.41 Å². The van der Waals surface area contributed by atoms with Crippen LogP contribution in [0.25, 0.3) is 71.6 Å². The minimum Gasteiger partial charge on any atom is -0.310 e. The van der Waals surface area contributed by atoms with Crippen LogP contribution in [0, 0.1) is 0 Å². The van der Waals surface area contributed by atoms with Crippen molar-refractivity contribution < 1.29 is 0 Å². The standard InChI is InChI=1S/C55H40N2/c1-55(2)51-35-45(30-32-47(51)48-33-31-46(36-52(48)55)57-53-18-10-8-16-49(53)50-17-9-11-19-54(50)57)56(43-14-4-3-5-15-43)44-28-26-39(27-29-44)38-20-22-40(23-21-38)42-25-24-37-12-6-7-13-41(37)34-42/h3-36H,1-2H3. The quantitative estimate of drug-likeness (QED) is 0.165. The first-order valence-corrected chi connectivity index (χ1v) is 19.8. The molecule has 0 radical (unpaired) electrons. The lowest BCUT2D eigenvalue weighted by Crippen LogP contribution is -2.17. The van der Waals surface area contributed by atoms with Crippen molar-refractivity contribution in [2.24, 2.45) is 0 Å². The Morgan fingerprint density at radius 1 is 0.368 bits per heavy atom. The molecule has 9 aromatic carbocycles. The Kier molecular flexibility index (Phi) is 7.55. The second kappa shape index (κ2) is 13.0. The van der Waals surface area contributed by atoms with Gasteiger partial charge in [0.05, 0.1) is 11.0 Å². The molecule has 0 spiro atoms. The van der Waals surface area contributed by atoms with Crippen molar-refractivity contribution in [2.45, 2.75) is 19.3 Å². The summed E-state index contributed by atoms with van der Waals surface area (Å²) in [5.74, 6) is 0. The Labute approximate surface area is 333 Å². The minimum atomic E-state index is -0.194. The number of rotatable bonds is 6. The Morgan fingerprint density at radius 3 is 1.54 bits per heavy atom. The maximum atomic E-state index is 2.43. The van der Waals surface area contributed by atoms with Crippen LogP contribution in [0.3, 0.4) is 0 Å². The van der Waals surface area contributed by atoms with Gasteiger partial charge in [-0.15, -0.1) is 0 Å². The molecule has 10 aromatic rings. The Morgan fingerprint density at radius 2 is 0.860 bits per heavy atom. The molecule has 0 N–H and O–H groups in total. The molecular weight excluding hydrogens is 689 g/mol. The van der Waals surface area contributed by atoms with Gasteiger partial charge in [-0.05, 0) is 122 Å². The van der Waals surface area contributed by atoms with E-state index in [1.165, 1.54) is 82.8 Å². The summed E-state index contributed by atoms with van der Waals surface area (Å²) in [6, 6.07) is 75.5. The summed E-state index contributed by atoms with van der Waals surface area (Å²) in [6.45, 7) is 4.76. The van der Waals surface area contributed by atoms with Gasteiger partial charge in [-0.25, -0.2) is 0 Å². The second-order valence-electron chi connectivity index (χ2n) is 15.8. The van der Waals surface area contributed by atoms with E-state index in [0.29, 0.717) is 0 Å². The van der Waals surface area contributed by atoms with E-state index < -0.39 is 0 Å². The predicted octanol–water partition coefficient (Wildman–Crippen LogP) is 15.0. The summed E-state index contributed by atoms with van der Waals surface area (Å²) in [5, 5.41) is 5.09. The lowest BCUT2D eigenvalue weighted by molar-refractivity contribution is 0.660. The molecule has 0 atom stereocenters. The van der Waals surface area contributed by atoms with Crippen LogP contribution in [0.4, 0.5) is 17.1 Å². The SMILES string of the molecule is CC1(C)c2cc(N(c3ccccc3)c3ccc(-c4ccc(-c5ccc6ccccc6c5)cc4)cc3)ccc2-c2ccc(-n3c4ccccc4c4ccccc43)cc21. The highest BCUT2D eigenvalue weighted by molar-refractivity contribution is 6.09. The van der Waals surface area contributed by atoms with Crippen molar-refractivity contribution in [1.82, 2.24) is 4.57 Å². The van der Waals surface area contributed by atoms with E-state index in [4.69, 9.17) is 0 Å². The van der Waals surface area contributed by atoms with Crippen LogP contribution in [0.15, 0.2) is 206 Å². The average Bonchev–Trinajstić information content (AvgIpc) is 3.72. The molecule has 0 unspecified atom stereocenters. The molecule has 2 heteroatoms. The molecule has 0 bridgehead atoms. The topological polar surface area (TPSA) is 8.17 Å². The monoisotopic (exact) mass is 728 g/mol. The summed E-state index contributed by atoms with van der Waals surface area (Å²) >= 11 is 0. The highest BCUT2D eigenvalue weighted by Gasteiger charge is 2.36. The van der Waals surface area contributed by atoms with Gasteiger partial charge in [0.2, 0.25) is 0 Å². The van der Waals surface area contributed by atoms with Crippen LogP contribution in [0.5, 0.6) is 0 Å². The molecule has 2 nitrogen and oxygen atoms in total. The molecule has 57 heavy (non-hydrogen) atoms. The van der Waals surface area contributed by atoms with Crippen molar-refractivity contribution in [3.8, 4) is 39.1 Å². The van der Waals surface area contributed by atoms with Gasteiger partial charge in [0, 0.05) is 38.9 Å². The van der Waals surface area contributed by atoms with Crippen molar-refractivity contribution in [2.75, 3.05) is 4.90 Å². The van der Waals surface area contributed by atoms with E-state index in [0.717, 1.165) is 17.1 Å². The zero-order valence-corrected chi connectivity index (χ0v) is 32.0. The van der Waals surface area contributed by atoms with E-state index in [-0.39, 0.29) is 5.41 Å². The van der Waals surface area contributed by atoms with Gasteiger partial charge in [0.15, 0.2) is 0 Å². The van der Waals surface area contributed by atoms with Gasteiger partial charge in [-0.2, -0.15) is 0 Å². The first-order valence-electron chi connectivity index (χ1n) is 19.8. The number of aromatic nitrogens is 1. The molecule has 270 valence electrons. The lowest BCUT2D eigenvalue weighted by Gasteiger charge is -2.28. The molecule has 1 aromatic heterocycles. The third-order valence-electron chi connectivity index (χ3n) is 12.2. The van der Waals surface area contributed by atoms with Crippen LogP contribution < -0.4 is 4.90 Å². The summed E-state index contributed by atoms with van der Waals surface area (Å²) < 4.78 is 2.43. The Balaban J connectivity index is 0.938. The predicted molar refractivity (Wildman–Crippen MR) is 241 cm³/mol. The molecule has 1 aliphatic rings. The molecule has 0 fully saturated rings.